The van der Waals surface area contributed by atoms with Crippen molar-refractivity contribution in [3.63, 3.8) is 0 Å². The van der Waals surface area contributed by atoms with Crippen LogP contribution in [-0.4, -0.2) is 110 Å². The quantitative estimate of drug-likeness (QED) is 0.0758. The Hall–Kier alpha value is -4.64. The first-order valence-electron chi connectivity index (χ1n) is 14.8. The number of nitro benzene ring substituents is 1. The maximum atomic E-state index is 12.3. The zero-order chi connectivity index (χ0) is 31.9. The van der Waals surface area contributed by atoms with Crippen molar-refractivity contribution in [2.75, 3.05) is 99.3 Å². The van der Waals surface area contributed by atoms with Crippen LogP contribution in [0.2, 0.25) is 0 Å². The third-order valence-electron chi connectivity index (χ3n) is 6.78. The number of amides is 1. The molecule has 1 saturated heterocycles. The molecule has 0 aliphatic carbocycles. The highest BCUT2D eigenvalue weighted by Crippen LogP contribution is 2.23. The molecule has 2 heterocycles. The number of nitrogens with one attached hydrogen (secondary N) is 3. The summed E-state index contributed by atoms with van der Waals surface area (Å²) in [6.07, 6.45) is 0.233. The molecule has 0 saturated carbocycles. The summed E-state index contributed by atoms with van der Waals surface area (Å²) in [7, 11) is 0. The van der Waals surface area contributed by atoms with Crippen LogP contribution < -0.4 is 31.5 Å². The standard InChI is InChI=1S/C29H40N10O6/c30-9-17-44-19-20-45-18-11-31-26(41)21-22-1-3-23(4-2-22)33-28-34-27(32-10-16-40)35-29(36-28)38-14-12-37(13-15-38)24-5-7-25(8-6-24)39(42)43/h1-8,40H,9-21,30H2,(H,31,41)(H2,32,33,34,35,36). The van der Waals surface area contributed by atoms with Gasteiger partial charge in [-0.15, -0.1) is 0 Å². The molecule has 16 heteroatoms. The molecule has 0 unspecified atom stereocenters. The highest BCUT2D eigenvalue weighted by atomic mass is 16.6. The molecule has 242 valence electrons. The average Bonchev–Trinajstić information content (AvgIpc) is 3.06. The number of non-ortho nitro benzene ring substituents is 1. The third-order valence-corrected chi connectivity index (χ3v) is 6.78. The number of aliphatic hydroxyl groups excluding tert-OH is 1. The predicted molar refractivity (Wildman–Crippen MR) is 170 cm³/mol. The molecule has 1 fully saturated rings. The number of nitro groups is 1. The number of anilines is 5. The number of carbonyl (C=O) groups excluding carboxylic acids is 1. The molecule has 1 aromatic heterocycles. The largest absolute Gasteiger partial charge is 0.395 e. The number of aliphatic hydroxyl groups is 1. The van der Waals surface area contributed by atoms with Gasteiger partial charge in [-0.05, 0) is 29.8 Å². The van der Waals surface area contributed by atoms with Crippen LogP contribution in [0.4, 0.5) is 34.9 Å². The van der Waals surface area contributed by atoms with E-state index < -0.39 is 4.92 Å². The number of hydrogen-bond donors (Lipinski definition) is 5. The van der Waals surface area contributed by atoms with Crippen molar-refractivity contribution >= 4 is 40.8 Å². The Morgan fingerprint density at radius 1 is 0.889 bits per heavy atom. The molecule has 6 N–H and O–H groups in total. The van der Waals surface area contributed by atoms with Gasteiger partial charge >= 0.3 is 0 Å². The lowest BCUT2D eigenvalue weighted by Crippen LogP contribution is -2.47. The summed E-state index contributed by atoms with van der Waals surface area (Å²) in [6.45, 7) is 5.54. The minimum Gasteiger partial charge on any atom is -0.395 e. The van der Waals surface area contributed by atoms with Gasteiger partial charge in [0.15, 0.2) is 0 Å². The molecule has 1 amide bonds. The topological polar surface area (TPSA) is 206 Å². The second-order valence-electron chi connectivity index (χ2n) is 10.0. The Labute approximate surface area is 261 Å². The number of piperazine rings is 1. The van der Waals surface area contributed by atoms with Crippen LogP contribution in [0.1, 0.15) is 5.56 Å². The van der Waals surface area contributed by atoms with Crippen LogP contribution in [0.25, 0.3) is 0 Å². The van der Waals surface area contributed by atoms with Gasteiger partial charge in [0.1, 0.15) is 0 Å². The second-order valence-corrected chi connectivity index (χ2v) is 10.0. The highest BCUT2D eigenvalue weighted by Gasteiger charge is 2.21. The molecule has 16 nitrogen and oxygen atoms in total. The lowest BCUT2D eigenvalue weighted by atomic mass is 10.1. The molecule has 2 aromatic carbocycles. The lowest BCUT2D eigenvalue weighted by molar-refractivity contribution is -0.384. The first kappa shape index (κ1) is 33.3. The number of carbonyl (C=O) groups is 1. The molecule has 0 atom stereocenters. The maximum Gasteiger partial charge on any atom is 0.269 e. The minimum absolute atomic E-state index is 0.0593. The molecule has 0 spiro atoms. The number of benzene rings is 2. The van der Waals surface area contributed by atoms with Crippen molar-refractivity contribution < 1.29 is 24.3 Å². The predicted octanol–water partition coefficient (Wildman–Crippen LogP) is 0.905. The van der Waals surface area contributed by atoms with Gasteiger partial charge in [-0.2, -0.15) is 15.0 Å². The third kappa shape index (κ3) is 10.8. The molecule has 0 radical (unpaired) electrons. The van der Waals surface area contributed by atoms with Crippen molar-refractivity contribution in [3.8, 4) is 0 Å². The molecular weight excluding hydrogens is 584 g/mol. The summed E-state index contributed by atoms with van der Waals surface area (Å²) in [5.74, 6) is 1.04. The van der Waals surface area contributed by atoms with Crippen LogP contribution in [0.3, 0.4) is 0 Å². The molecular formula is C29H40N10O6. The smallest absolute Gasteiger partial charge is 0.269 e. The summed E-state index contributed by atoms with van der Waals surface area (Å²) in [5, 5.41) is 29.3. The first-order valence-corrected chi connectivity index (χ1v) is 14.8. The van der Waals surface area contributed by atoms with E-state index in [0.717, 1.165) is 16.9 Å². The number of ether oxygens (including phenoxy) is 2. The van der Waals surface area contributed by atoms with Crippen molar-refractivity contribution in [2.24, 2.45) is 5.73 Å². The van der Waals surface area contributed by atoms with E-state index >= 15 is 0 Å². The van der Waals surface area contributed by atoms with Crippen LogP contribution in [0, 0.1) is 10.1 Å². The zero-order valence-corrected chi connectivity index (χ0v) is 25.1. The van der Waals surface area contributed by atoms with Gasteiger partial charge in [-0.1, -0.05) is 12.1 Å². The Balaban J connectivity index is 1.30. The van der Waals surface area contributed by atoms with E-state index in [1.807, 2.05) is 29.2 Å². The summed E-state index contributed by atoms with van der Waals surface area (Å²) >= 11 is 0. The summed E-state index contributed by atoms with van der Waals surface area (Å²) in [5.41, 5.74) is 7.92. The average molecular weight is 625 g/mol. The summed E-state index contributed by atoms with van der Waals surface area (Å²) in [6, 6.07) is 13.9. The van der Waals surface area contributed by atoms with Gasteiger partial charge in [-0.25, -0.2) is 0 Å². The van der Waals surface area contributed by atoms with E-state index in [0.29, 0.717) is 83.5 Å². The van der Waals surface area contributed by atoms with E-state index in [1.165, 1.54) is 12.1 Å². The van der Waals surface area contributed by atoms with Gasteiger partial charge < -0.3 is 46.1 Å². The summed E-state index contributed by atoms with van der Waals surface area (Å²) in [4.78, 5) is 40.7. The fraction of sp³-hybridized carbons (Fsp3) is 0.448. The number of nitrogens with zero attached hydrogens (tertiary/aromatic N) is 6. The van der Waals surface area contributed by atoms with Crippen molar-refractivity contribution in [3.05, 3.63) is 64.2 Å². The van der Waals surface area contributed by atoms with E-state index in [1.54, 1.807) is 12.1 Å². The van der Waals surface area contributed by atoms with Crippen LogP contribution >= 0.6 is 0 Å². The number of nitrogens with two attached hydrogens (primary N) is 1. The molecule has 45 heavy (non-hydrogen) atoms. The minimum atomic E-state index is -0.409. The number of hydrogen-bond acceptors (Lipinski definition) is 14. The fourth-order valence-corrected chi connectivity index (χ4v) is 4.51. The molecule has 1 aliphatic heterocycles. The van der Waals surface area contributed by atoms with Gasteiger partial charge in [-0.3, -0.25) is 14.9 Å². The van der Waals surface area contributed by atoms with Crippen LogP contribution in [-0.2, 0) is 20.7 Å². The Morgan fingerprint density at radius 3 is 2.22 bits per heavy atom. The van der Waals surface area contributed by atoms with Crippen molar-refractivity contribution in [2.45, 2.75) is 6.42 Å². The first-order chi connectivity index (χ1) is 21.9. The zero-order valence-electron chi connectivity index (χ0n) is 25.1. The van der Waals surface area contributed by atoms with Gasteiger partial charge in [0.25, 0.3) is 5.69 Å². The maximum absolute atomic E-state index is 12.3. The Kier molecular flexibility index (Phi) is 13.0. The lowest BCUT2D eigenvalue weighted by Gasteiger charge is -2.36. The van der Waals surface area contributed by atoms with Crippen LogP contribution in [0.5, 0.6) is 0 Å². The number of aromatic nitrogens is 3. The van der Waals surface area contributed by atoms with Gasteiger partial charge in [0.05, 0.1) is 44.4 Å². The second kappa shape index (κ2) is 17.6. The van der Waals surface area contributed by atoms with Crippen molar-refractivity contribution in [1.82, 2.24) is 20.3 Å². The monoisotopic (exact) mass is 624 g/mol. The normalized spacial score (nSPS) is 13.0. The van der Waals surface area contributed by atoms with Crippen LogP contribution in [0.15, 0.2) is 48.5 Å². The van der Waals surface area contributed by atoms with Gasteiger partial charge in [0, 0.05) is 69.3 Å². The fourth-order valence-electron chi connectivity index (χ4n) is 4.51. The Bertz CT molecular complexity index is 1350. The van der Waals surface area contributed by atoms with E-state index in [-0.39, 0.29) is 31.2 Å². The Morgan fingerprint density at radius 2 is 1.56 bits per heavy atom. The summed E-state index contributed by atoms with van der Waals surface area (Å²) < 4.78 is 10.7. The molecule has 1 aliphatic rings. The van der Waals surface area contributed by atoms with Crippen molar-refractivity contribution in [1.29, 1.82) is 0 Å². The number of rotatable bonds is 18. The SMILES string of the molecule is NCCOCCOCCNC(=O)Cc1ccc(Nc2nc(NCCO)nc(N3CCN(c4ccc([N+](=O)[O-])cc4)CC3)n2)cc1. The van der Waals surface area contributed by atoms with E-state index in [2.05, 4.69) is 35.8 Å². The van der Waals surface area contributed by atoms with Gasteiger partial charge in [0.2, 0.25) is 23.8 Å². The highest BCUT2D eigenvalue weighted by molar-refractivity contribution is 5.78. The molecule has 4 rings (SSSR count). The molecule has 0 bridgehead atoms. The van der Waals surface area contributed by atoms with E-state index in [4.69, 9.17) is 15.2 Å². The molecule has 3 aromatic rings. The van der Waals surface area contributed by atoms with E-state index in [9.17, 15) is 20.0 Å².